The van der Waals surface area contributed by atoms with Gasteiger partial charge < -0.3 is 9.47 Å². The van der Waals surface area contributed by atoms with Gasteiger partial charge in [0.2, 0.25) is 0 Å². The molecule has 5 rings (SSSR count). The summed E-state index contributed by atoms with van der Waals surface area (Å²) in [7, 11) is 0. The minimum atomic E-state index is -0.552. The molecule has 0 N–H and O–H groups in total. The van der Waals surface area contributed by atoms with Crippen LogP contribution in [0.3, 0.4) is 0 Å². The van der Waals surface area contributed by atoms with Gasteiger partial charge in [-0.05, 0) is 120 Å². The first-order valence-electron chi connectivity index (χ1n) is 12.1. The van der Waals surface area contributed by atoms with Crippen molar-refractivity contribution in [1.82, 2.24) is 0 Å². The molecule has 40 heavy (non-hydrogen) atoms. The van der Waals surface area contributed by atoms with Gasteiger partial charge in [0.25, 0.3) is 10.5 Å². The van der Waals surface area contributed by atoms with E-state index in [2.05, 4.69) is 0 Å². The van der Waals surface area contributed by atoms with E-state index in [0.717, 1.165) is 11.5 Å². The lowest BCUT2D eigenvalue weighted by molar-refractivity contribution is 0.103. The molecule has 0 unspecified atom stereocenters. The predicted molar refractivity (Wildman–Crippen MR) is 156 cm³/mol. The van der Waals surface area contributed by atoms with Gasteiger partial charge in [-0.3, -0.25) is 14.4 Å². The van der Waals surface area contributed by atoms with Crippen molar-refractivity contribution in [2.75, 3.05) is 0 Å². The van der Waals surface area contributed by atoms with Crippen molar-refractivity contribution in [1.29, 1.82) is 0 Å². The maximum atomic E-state index is 12.7. The van der Waals surface area contributed by atoms with Gasteiger partial charge in [0.05, 0.1) is 0 Å². The smallest absolute Gasteiger partial charge is 0.252 e. The van der Waals surface area contributed by atoms with E-state index in [1.54, 1.807) is 48.5 Å². The lowest BCUT2D eigenvalue weighted by Crippen LogP contribution is -2.01. The second-order valence-electron chi connectivity index (χ2n) is 8.33. The summed E-state index contributed by atoms with van der Waals surface area (Å²) in [5, 5.41) is -1.10. The van der Waals surface area contributed by atoms with E-state index in [1.807, 2.05) is 60.7 Å². The Morgan fingerprint density at radius 1 is 0.375 bits per heavy atom. The summed E-state index contributed by atoms with van der Waals surface area (Å²) in [5.41, 5.74) is 1.91. The number of ether oxygens (including phenoxy) is 2. The van der Waals surface area contributed by atoms with E-state index in [4.69, 9.17) is 32.7 Å². The molecule has 0 saturated carbocycles. The summed E-state index contributed by atoms with van der Waals surface area (Å²) >= 11 is 10.4. The molecule has 0 aliphatic carbocycles. The van der Waals surface area contributed by atoms with E-state index < -0.39 is 10.5 Å². The number of benzene rings is 5. The molecule has 0 bridgehead atoms. The molecule has 5 aromatic carbocycles. The molecule has 0 radical (unpaired) electrons. The van der Waals surface area contributed by atoms with Crippen LogP contribution in [0.4, 0.5) is 0 Å². The van der Waals surface area contributed by atoms with Gasteiger partial charge in [-0.1, -0.05) is 36.4 Å². The van der Waals surface area contributed by atoms with Gasteiger partial charge in [0.1, 0.15) is 23.0 Å². The van der Waals surface area contributed by atoms with Gasteiger partial charge in [0.15, 0.2) is 5.78 Å². The summed E-state index contributed by atoms with van der Waals surface area (Å²) in [5.74, 6) is 2.85. The first-order chi connectivity index (χ1) is 19.4. The highest BCUT2D eigenvalue weighted by Gasteiger charge is 2.10. The van der Waals surface area contributed by atoms with Crippen molar-refractivity contribution < 1.29 is 23.9 Å². The number of hydrogen-bond acceptors (Lipinski definition) is 5. The average Bonchev–Trinajstić information content (AvgIpc) is 2.99. The number of carbonyl (C=O) groups is 3. The molecule has 0 spiro atoms. The van der Waals surface area contributed by atoms with Gasteiger partial charge in [0, 0.05) is 22.3 Å². The molecule has 0 atom stereocenters. The average molecular weight is 569 g/mol. The fraction of sp³-hybridized carbons (Fsp3) is 0. The molecule has 5 aromatic rings. The number of rotatable bonds is 8. The van der Waals surface area contributed by atoms with Gasteiger partial charge in [-0.15, -0.1) is 0 Å². The Morgan fingerprint density at radius 2 is 0.650 bits per heavy atom. The van der Waals surface area contributed by atoms with Crippen molar-refractivity contribution in [2.45, 2.75) is 0 Å². The van der Waals surface area contributed by atoms with Crippen LogP contribution in [0.1, 0.15) is 36.6 Å². The van der Waals surface area contributed by atoms with Crippen LogP contribution in [0.25, 0.3) is 0 Å². The molecule has 198 valence electrons. The topological polar surface area (TPSA) is 69.7 Å². The fourth-order valence-corrected chi connectivity index (χ4v) is 3.75. The van der Waals surface area contributed by atoms with E-state index in [0.29, 0.717) is 33.8 Å². The molecular formula is C33H22Cl2O5. The third-order valence-corrected chi connectivity index (χ3v) is 5.97. The maximum absolute atomic E-state index is 12.7. The van der Waals surface area contributed by atoms with Crippen LogP contribution in [0.2, 0.25) is 0 Å². The van der Waals surface area contributed by atoms with Crippen molar-refractivity contribution in [3.63, 3.8) is 0 Å². The first-order valence-corrected chi connectivity index (χ1v) is 12.8. The van der Waals surface area contributed by atoms with Crippen LogP contribution in [-0.4, -0.2) is 16.3 Å². The lowest BCUT2D eigenvalue weighted by Gasteiger charge is -2.08. The van der Waals surface area contributed by atoms with E-state index in [1.165, 1.54) is 24.3 Å². The summed E-state index contributed by atoms with van der Waals surface area (Å²) in [6, 6.07) is 39.2. The predicted octanol–water partition coefficient (Wildman–Crippen LogP) is 8.95. The number of carbonyl (C=O) groups excluding carboxylic acids is 3. The Kier molecular flexibility index (Phi) is 9.83. The normalized spacial score (nSPS) is 10.1. The third kappa shape index (κ3) is 8.14. The minimum absolute atomic E-state index is 0.0440. The summed E-state index contributed by atoms with van der Waals surface area (Å²) in [4.78, 5) is 33.9. The Bertz CT molecular complexity index is 1450. The van der Waals surface area contributed by atoms with Crippen molar-refractivity contribution in [3.8, 4) is 23.0 Å². The summed E-state index contributed by atoms with van der Waals surface area (Å²) < 4.78 is 11.5. The van der Waals surface area contributed by atoms with Gasteiger partial charge in [-0.25, -0.2) is 0 Å². The Hall–Kier alpha value is -4.71. The van der Waals surface area contributed by atoms with Crippen molar-refractivity contribution in [2.24, 2.45) is 0 Å². The highest BCUT2D eigenvalue weighted by molar-refractivity contribution is 6.68. The molecule has 0 aliphatic heterocycles. The number of ketones is 1. The molecular weight excluding hydrogens is 547 g/mol. The number of hydrogen-bond donors (Lipinski definition) is 0. The number of para-hydroxylation sites is 2. The Labute approximate surface area is 241 Å². The van der Waals surface area contributed by atoms with Crippen LogP contribution in [-0.2, 0) is 0 Å². The standard InChI is InChI=1S/C25H18O3.C8H4Cl2O2/c26-25(19-11-15-23(16-12-19)27-21-7-3-1-4-8-21)20-13-17-24(18-14-20)28-22-9-5-2-6-10-22;9-7(11)5-1-2-6(4-3-5)8(10)12/h1-18H;1-4H. The highest BCUT2D eigenvalue weighted by atomic mass is 35.5. The summed E-state index contributed by atoms with van der Waals surface area (Å²) in [6.07, 6.45) is 0. The molecule has 0 aliphatic rings. The van der Waals surface area contributed by atoms with Crippen molar-refractivity contribution >= 4 is 39.5 Å². The number of halogens is 2. The van der Waals surface area contributed by atoms with Gasteiger partial charge in [-0.2, -0.15) is 0 Å². The third-order valence-electron chi connectivity index (χ3n) is 5.53. The molecule has 7 heteroatoms. The zero-order chi connectivity index (χ0) is 28.3. The van der Waals surface area contributed by atoms with Crippen molar-refractivity contribution in [3.05, 3.63) is 156 Å². The van der Waals surface area contributed by atoms with Crippen LogP contribution >= 0.6 is 23.2 Å². The summed E-state index contributed by atoms with van der Waals surface area (Å²) in [6.45, 7) is 0. The lowest BCUT2D eigenvalue weighted by atomic mass is 10.0. The van der Waals surface area contributed by atoms with E-state index in [-0.39, 0.29) is 5.78 Å². The van der Waals surface area contributed by atoms with Crippen LogP contribution in [0, 0.1) is 0 Å². The molecule has 5 nitrogen and oxygen atoms in total. The van der Waals surface area contributed by atoms with E-state index in [9.17, 15) is 14.4 Å². The second kappa shape index (κ2) is 13.9. The minimum Gasteiger partial charge on any atom is -0.457 e. The zero-order valence-electron chi connectivity index (χ0n) is 21.0. The first kappa shape index (κ1) is 28.3. The maximum Gasteiger partial charge on any atom is 0.252 e. The zero-order valence-corrected chi connectivity index (χ0v) is 22.5. The highest BCUT2D eigenvalue weighted by Crippen LogP contribution is 2.24. The monoisotopic (exact) mass is 568 g/mol. The Morgan fingerprint density at radius 3 is 0.950 bits per heavy atom. The molecule has 0 heterocycles. The largest absolute Gasteiger partial charge is 0.457 e. The quantitative estimate of drug-likeness (QED) is 0.138. The Balaban J connectivity index is 0.000000259. The molecule has 0 fully saturated rings. The van der Waals surface area contributed by atoms with Crippen LogP contribution < -0.4 is 9.47 Å². The fourth-order valence-electron chi connectivity index (χ4n) is 3.50. The second-order valence-corrected chi connectivity index (χ2v) is 9.02. The molecule has 0 amide bonds. The van der Waals surface area contributed by atoms with Crippen LogP contribution in [0.15, 0.2) is 133 Å². The van der Waals surface area contributed by atoms with Crippen LogP contribution in [0.5, 0.6) is 23.0 Å². The molecule has 0 saturated heterocycles. The molecule has 0 aromatic heterocycles. The SMILES string of the molecule is O=C(Cl)c1ccc(C(=O)Cl)cc1.O=C(c1ccc(Oc2ccccc2)cc1)c1ccc(Oc2ccccc2)cc1. The van der Waals surface area contributed by atoms with Gasteiger partial charge >= 0.3 is 0 Å². The van der Waals surface area contributed by atoms with E-state index >= 15 is 0 Å².